The first-order valence-corrected chi connectivity index (χ1v) is 6.27. The van der Waals surface area contributed by atoms with Crippen LogP contribution in [0, 0.1) is 11.8 Å². The van der Waals surface area contributed by atoms with Crippen LogP contribution >= 0.6 is 0 Å². The molecule has 3 nitrogen and oxygen atoms in total. The van der Waals surface area contributed by atoms with Crippen LogP contribution in [0.4, 0.5) is 0 Å². The molecule has 0 unspecified atom stereocenters. The van der Waals surface area contributed by atoms with Crippen molar-refractivity contribution >= 4 is 5.97 Å². The van der Waals surface area contributed by atoms with Crippen LogP contribution in [0.2, 0.25) is 0 Å². The third kappa shape index (κ3) is 2.46. The van der Waals surface area contributed by atoms with Crippen molar-refractivity contribution in [3.63, 3.8) is 0 Å². The van der Waals surface area contributed by atoms with Crippen LogP contribution in [0.5, 0.6) is 0 Å². The van der Waals surface area contributed by atoms with E-state index in [0.717, 1.165) is 13.1 Å². The van der Waals surface area contributed by atoms with Gasteiger partial charge in [0, 0.05) is 19.2 Å². The minimum atomic E-state index is -0.154. The molecule has 0 aromatic rings. The summed E-state index contributed by atoms with van der Waals surface area (Å²) in [6.45, 7) is 4.52. The smallest absolute Gasteiger partial charge is 0.330 e. The van der Waals surface area contributed by atoms with Crippen molar-refractivity contribution in [1.29, 1.82) is 0 Å². The number of rotatable bonds is 2. The predicted octanol–water partition coefficient (Wildman–Crippen LogP) is 1.84. The molecule has 90 valence electrons. The number of ether oxygens (including phenoxy) is 1. The highest BCUT2D eigenvalue weighted by molar-refractivity contribution is 5.83. The average molecular weight is 223 g/mol. The van der Waals surface area contributed by atoms with E-state index in [1.807, 2.05) is 6.92 Å². The van der Waals surface area contributed by atoms with Gasteiger partial charge in [-0.3, -0.25) is 0 Å². The normalized spacial score (nSPS) is 32.8. The Bertz CT molecular complexity index is 282. The Hall–Kier alpha value is -0.830. The molecule has 0 N–H and O–H groups in total. The number of esters is 1. The molecule has 0 amide bonds. The molecule has 2 atom stereocenters. The van der Waals surface area contributed by atoms with Gasteiger partial charge in [-0.25, -0.2) is 4.79 Å². The van der Waals surface area contributed by atoms with Crippen LogP contribution in [-0.4, -0.2) is 37.6 Å². The second-order valence-corrected chi connectivity index (χ2v) is 4.94. The zero-order chi connectivity index (χ0) is 11.5. The van der Waals surface area contributed by atoms with E-state index in [0.29, 0.717) is 18.4 Å². The monoisotopic (exact) mass is 223 g/mol. The maximum Gasteiger partial charge on any atom is 0.330 e. The fraction of sp³-hybridized carbons (Fsp3) is 0.769. The molecule has 0 spiro atoms. The molecule has 1 heterocycles. The molecule has 0 aromatic carbocycles. The highest BCUT2D eigenvalue weighted by Crippen LogP contribution is 2.38. The van der Waals surface area contributed by atoms with E-state index in [9.17, 15) is 4.79 Å². The molecule has 2 bridgehead atoms. The molecule has 3 heteroatoms. The fourth-order valence-corrected chi connectivity index (χ4v) is 3.05. The third-order valence-electron chi connectivity index (χ3n) is 3.68. The van der Waals surface area contributed by atoms with Crippen molar-refractivity contribution < 1.29 is 9.53 Å². The van der Waals surface area contributed by atoms with E-state index < -0.39 is 0 Å². The Morgan fingerprint density at radius 3 is 2.62 bits per heavy atom. The summed E-state index contributed by atoms with van der Waals surface area (Å²) in [5.74, 6) is 1.02. The maximum atomic E-state index is 11.5. The van der Waals surface area contributed by atoms with Gasteiger partial charge in [-0.15, -0.1) is 0 Å². The second kappa shape index (κ2) is 5.00. The van der Waals surface area contributed by atoms with Crippen LogP contribution in [0.3, 0.4) is 0 Å². The number of hydrogen-bond donors (Lipinski definition) is 0. The van der Waals surface area contributed by atoms with Gasteiger partial charge in [0.25, 0.3) is 0 Å². The summed E-state index contributed by atoms with van der Waals surface area (Å²) in [6.07, 6.45) is 5.53. The number of nitrogens with zero attached hydrogens (tertiary/aromatic N) is 1. The second-order valence-electron chi connectivity index (χ2n) is 4.94. The van der Waals surface area contributed by atoms with E-state index in [1.54, 1.807) is 6.08 Å². The minimum absolute atomic E-state index is 0.154. The molecular formula is C13H21NO2. The molecule has 2 rings (SSSR count). The van der Waals surface area contributed by atoms with Crippen LogP contribution in [-0.2, 0) is 9.53 Å². The van der Waals surface area contributed by atoms with Crippen molar-refractivity contribution in [2.75, 3.05) is 26.7 Å². The van der Waals surface area contributed by atoms with Gasteiger partial charge in [0.1, 0.15) is 0 Å². The molecule has 2 fully saturated rings. The maximum absolute atomic E-state index is 11.5. The first kappa shape index (κ1) is 11.6. The van der Waals surface area contributed by atoms with Crippen molar-refractivity contribution in [3.05, 3.63) is 11.6 Å². The van der Waals surface area contributed by atoms with E-state index in [-0.39, 0.29) is 5.97 Å². The van der Waals surface area contributed by atoms with Crippen molar-refractivity contribution in [3.8, 4) is 0 Å². The number of likely N-dealkylation sites (tertiary alicyclic amines) is 1. The molecular weight excluding hydrogens is 202 g/mol. The SMILES string of the molecule is CCOC(=O)C=C1[C@@H]2CCC[C@H]1CN(C)C2. The lowest BCUT2D eigenvalue weighted by molar-refractivity contribution is -0.137. The Balaban J connectivity index is 2.11. The van der Waals surface area contributed by atoms with Crippen LogP contribution in [0.25, 0.3) is 0 Å². The summed E-state index contributed by atoms with van der Waals surface area (Å²) < 4.78 is 5.01. The Labute approximate surface area is 97.5 Å². The standard InChI is InChI=1S/C13H21NO2/c1-3-16-13(15)7-12-10-5-4-6-11(12)9-14(2)8-10/h7,10-11H,3-6,8-9H2,1-2H3/t10-,11+. The molecule has 1 saturated carbocycles. The van der Waals surface area contributed by atoms with Gasteiger partial charge >= 0.3 is 5.97 Å². The Morgan fingerprint density at radius 1 is 1.44 bits per heavy atom. The molecule has 2 aliphatic rings. The molecule has 1 saturated heterocycles. The van der Waals surface area contributed by atoms with Crippen molar-refractivity contribution in [1.82, 2.24) is 4.90 Å². The number of carbonyl (C=O) groups excluding carboxylic acids is 1. The Morgan fingerprint density at radius 2 is 2.06 bits per heavy atom. The average Bonchev–Trinajstić information content (AvgIpc) is 2.19. The quantitative estimate of drug-likeness (QED) is 0.528. The van der Waals surface area contributed by atoms with E-state index in [2.05, 4.69) is 11.9 Å². The van der Waals surface area contributed by atoms with Gasteiger partial charge < -0.3 is 9.64 Å². The zero-order valence-electron chi connectivity index (χ0n) is 10.2. The third-order valence-corrected chi connectivity index (χ3v) is 3.68. The lowest BCUT2D eigenvalue weighted by Crippen LogP contribution is -2.42. The Kier molecular flexibility index (Phi) is 3.64. The lowest BCUT2D eigenvalue weighted by Gasteiger charge is -2.42. The summed E-state index contributed by atoms with van der Waals surface area (Å²) in [5.41, 5.74) is 1.35. The van der Waals surface area contributed by atoms with Crippen LogP contribution in [0.15, 0.2) is 11.6 Å². The van der Waals surface area contributed by atoms with Crippen LogP contribution in [0.1, 0.15) is 26.2 Å². The van der Waals surface area contributed by atoms with E-state index in [1.165, 1.54) is 24.8 Å². The zero-order valence-corrected chi connectivity index (χ0v) is 10.2. The van der Waals surface area contributed by atoms with Gasteiger partial charge in [-0.1, -0.05) is 12.0 Å². The largest absolute Gasteiger partial charge is 0.463 e. The topological polar surface area (TPSA) is 29.5 Å². The van der Waals surface area contributed by atoms with Gasteiger partial charge in [-0.05, 0) is 38.6 Å². The van der Waals surface area contributed by atoms with Crippen LogP contribution < -0.4 is 0 Å². The molecule has 16 heavy (non-hydrogen) atoms. The highest BCUT2D eigenvalue weighted by Gasteiger charge is 2.33. The first-order chi connectivity index (χ1) is 7.70. The summed E-state index contributed by atoms with van der Waals surface area (Å²) in [7, 11) is 2.17. The van der Waals surface area contributed by atoms with E-state index in [4.69, 9.17) is 4.74 Å². The molecule has 0 radical (unpaired) electrons. The highest BCUT2D eigenvalue weighted by atomic mass is 16.5. The van der Waals surface area contributed by atoms with Gasteiger partial charge in [0.05, 0.1) is 6.61 Å². The lowest BCUT2D eigenvalue weighted by atomic mass is 9.73. The number of fused-ring (bicyclic) bond motifs is 2. The fourth-order valence-electron chi connectivity index (χ4n) is 3.05. The molecule has 1 aliphatic heterocycles. The number of carbonyl (C=O) groups is 1. The summed E-state index contributed by atoms with van der Waals surface area (Å²) in [4.78, 5) is 13.9. The van der Waals surface area contributed by atoms with Crippen molar-refractivity contribution in [2.45, 2.75) is 26.2 Å². The molecule has 0 aromatic heterocycles. The predicted molar refractivity (Wildman–Crippen MR) is 63.0 cm³/mol. The summed E-state index contributed by atoms with van der Waals surface area (Å²) in [6, 6.07) is 0. The molecule has 1 aliphatic carbocycles. The van der Waals surface area contributed by atoms with E-state index >= 15 is 0 Å². The summed E-state index contributed by atoms with van der Waals surface area (Å²) in [5, 5.41) is 0. The van der Waals surface area contributed by atoms with Gasteiger partial charge in [0.2, 0.25) is 0 Å². The van der Waals surface area contributed by atoms with Crippen molar-refractivity contribution in [2.24, 2.45) is 11.8 Å². The van der Waals surface area contributed by atoms with Gasteiger partial charge in [0.15, 0.2) is 0 Å². The number of hydrogen-bond acceptors (Lipinski definition) is 3. The minimum Gasteiger partial charge on any atom is -0.463 e. The van der Waals surface area contributed by atoms with Gasteiger partial charge in [-0.2, -0.15) is 0 Å². The first-order valence-electron chi connectivity index (χ1n) is 6.27. The summed E-state index contributed by atoms with van der Waals surface area (Å²) >= 11 is 0. The number of piperidine rings is 1.